The average Bonchev–Trinajstić information content (AvgIpc) is 2.65. The molecular formula is C23H31FN2O2S2. The number of halogens is 1. The van der Waals surface area contributed by atoms with Crippen LogP contribution in [0.5, 0.6) is 0 Å². The molecule has 2 aromatic carbocycles. The minimum atomic E-state index is -3.52. The van der Waals surface area contributed by atoms with Crippen molar-refractivity contribution in [3.63, 3.8) is 0 Å². The SMILES string of the molecule is CCC(Cc1ccc(C(C)(C)C)cc1)C(=S)NCc1ccc(NS(C)(=O)=O)c(F)c1. The highest BCUT2D eigenvalue weighted by Gasteiger charge is 2.16. The van der Waals surface area contributed by atoms with Gasteiger partial charge < -0.3 is 5.32 Å². The van der Waals surface area contributed by atoms with Crippen LogP contribution in [0.4, 0.5) is 10.1 Å². The van der Waals surface area contributed by atoms with Crippen LogP contribution in [-0.4, -0.2) is 19.7 Å². The van der Waals surface area contributed by atoms with Crippen molar-refractivity contribution in [2.45, 2.75) is 52.5 Å². The molecule has 0 saturated carbocycles. The predicted molar refractivity (Wildman–Crippen MR) is 127 cm³/mol. The molecule has 0 spiro atoms. The van der Waals surface area contributed by atoms with Gasteiger partial charge in [0.25, 0.3) is 0 Å². The Morgan fingerprint density at radius 1 is 1.10 bits per heavy atom. The van der Waals surface area contributed by atoms with Crippen molar-refractivity contribution in [2.75, 3.05) is 11.0 Å². The summed E-state index contributed by atoms with van der Waals surface area (Å²) in [5.74, 6) is -0.423. The summed E-state index contributed by atoms with van der Waals surface area (Å²) in [6.45, 7) is 9.08. The summed E-state index contributed by atoms with van der Waals surface area (Å²) in [5.41, 5.74) is 3.30. The maximum Gasteiger partial charge on any atom is 0.229 e. The zero-order chi connectivity index (χ0) is 22.5. The van der Waals surface area contributed by atoms with E-state index in [0.29, 0.717) is 12.1 Å². The molecule has 0 fully saturated rings. The summed E-state index contributed by atoms with van der Waals surface area (Å²) in [5, 5.41) is 3.23. The van der Waals surface area contributed by atoms with Gasteiger partial charge in [0.15, 0.2) is 0 Å². The van der Waals surface area contributed by atoms with Crippen molar-refractivity contribution in [1.82, 2.24) is 5.32 Å². The summed E-state index contributed by atoms with van der Waals surface area (Å²) in [6, 6.07) is 13.1. The van der Waals surface area contributed by atoms with Crippen molar-refractivity contribution in [3.05, 3.63) is 65.0 Å². The van der Waals surface area contributed by atoms with E-state index in [2.05, 4.69) is 62.0 Å². The molecular weight excluding hydrogens is 419 g/mol. The molecule has 0 aliphatic heterocycles. The zero-order valence-electron chi connectivity index (χ0n) is 18.3. The van der Waals surface area contributed by atoms with Gasteiger partial charge in [-0.15, -0.1) is 0 Å². The molecule has 0 aliphatic carbocycles. The molecule has 4 nitrogen and oxygen atoms in total. The minimum absolute atomic E-state index is 0.0611. The van der Waals surface area contributed by atoms with Gasteiger partial charge in [0.2, 0.25) is 10.0 Å². The van der Waals surface area contributed by atoms with Crippen molar-refractivity contribution in [3.8, 4) is 0 Å². The minimum Gasteiger partial charge on any atom is -0.375 e. The van der Waals surface area contributed by atoms with Crippen LogP contribution in [0.25, 0.3) is 0 Å². The first-order valence-electron chi connectivity index (χ1n) is 10.0. The van der Waals surface area contributed by atoms with Crippen LogP contribution in [0.3, 0.4) is 0 Å². The molecule has 7 heteroatoms. The van der Waals surface area contributed by atoms with Gasteiger partial charge in [0.1, 0.15) is 5.82 Å². The maximum atomic E-state index is 14.1. The first-order valence-corrected chi connectivity index (χ1v) is 12.3. The largest absolute Gasteiger partial charge is 0.375 e. The van der Waals surface area contributed by atoms with Crippen LogP contribution >= 0.6 is 12.2 Å². The second-order valence-corrected chi connectivity index (χ2v) is 10.9. The average molecular weight is 451 g/mol. The number of nitrogens with one attached hydrogen (secondary N) is 2. The molecule has 1 atom stereocenters. The number of sulfonamides is 1. The van der Waals surface area contributed by atoms with Crippen molar-refractivity contribution < 1.29 is 12.8 Å². The van der Waals surface area contributed by atoms with Crippen LogP contribution < -0.4 is 10.0 Å². The lowest BCUT2D eigenvalue weighted by molar-refractivity contribution is 0.589. The Hall–Kier alpha value is -1.99. The lowest BCUT2D eigenvalue weighted by atomic mass is 9.86. The smallest absolute Gasteiger partial charge is 0.229 e. The number of thiocarbonyl (C=S) groups is 1. The third-order valence-electron chi connectivity index (χ3n) is 4.96. The second kappa shape index (κ2) is 9.88. The van der Waals surface area contributed by atoms with Gasteiger partial charge in [-0.1, -0.05) is 70.2 Å². The highest BCUT2D eigenvalue weighted by Crippen LogP contribution is 2.23. The fourth-order valence-corrected chi connectivity index (χ4v) is 4.02. The molecule has 1 unspecified atom stereocenters. The Morgan fingerprint density at radius 2 is 1.70 bits per heavy atom. The Bertz CT molecular complexity index is 981. The molecule has 2 rings (SSSR count). The van der Waals surface area contributed by atoms with Crippen molar-refractivity contribution in [1.29, 1.82) is 0 Å². The first kappa shape index (κ1) is 24.3. The lowest BCUT2D eigenvalue weighted by Gasteiger charge is -2.21. The normalized spacial score (nSPS) is 13.0. The third-order valence-corrected chi connectivity index (χ3v) is 6.03. The van der Waals surface area contributed by atoms with Crippen LogP contribution in [0.1, 0.15) is 50.8 Å². The standard InChI is InChI=1S/C23H31FN2O2S2/c1-6-18(13-16-7-10-19(11-8-16)23(2,3)4)22(29)25-15-17-9-12-21(20(24)14-17)26-30(5,27)28/h7-12,14,18,26H,6,13,15H2,1-5H3,(H,25,29). The summed E-state index contributed by atoms with van der Waals surface area (Å²) in [6.07, 6.45) is 2.73. The molecule has 30 heavy (non-hydrogen) atoms. The van der Waals surface area contributed by atoms with Gasteiger partial charge in [0, 0.05) is 12.5 Å². The van der Waals surface area contributed by atoms with Gasteiger partial charge in [0.05, 0.1) is 16.9 Å². The number of rotatable bonds is 8. The topological polar surface area (TPSA) is 58.2 Å². The number of benzene rings is 2. The van der Waals surface area contributed by atoms with Crippen LogP contribution in [0, 0.1) is 11.7 Å². The van der Waals surface area contributed by atoms with Gasteiger partial charge in [-0.3, -0.25) is 4.72 Å². The van der Waals surface area contributed by atoms with Gasteiger partial charge in [-0.2, -0.15) is 0 Å². The van der Waals surface area contributed by atoms with Gasteiger partial charge in [-0.05, 0) is 47.1 Å². The van der Waals surface area contributed by atoms with Crippen molar-refractivity contribution in [2.24, 2.45) is 5.92 Å². The first-order chi connectivity index (χ1) is 13.9. The van der Waals surface area contributed by atoms with E-state index in [9.17, 15) is 12.8 Å². The van der Waals surface area contributed by atoms with E-state index < -0.39 is 15.8 Å². The van der Waals surface area contributed by atoms with Gasteiger partial charge >= 0.3 is 0 Å². The lowest BCUT2D eigenvalue weighted by Crippen LogP contribution is -2.29. The van der Waals surface area contributed by atoms with Crippen molar-refractivity contribution >= 4 is 32.9 Å². The van der Waals surface area contributed by atoms with E-state index in [1.54, 1.807) is 6.07 Å². The molecule has 0 radical (unpaired) electrons. The molecule has 0 aromatic heterocycles. The van der Waals surface area contributed by atoms with E-state index >= 15 is 0 Å². The maximum absolute atomic E-state index is 14.1. The fourth-order valence-electron chi connectivity index (χ4n) is 3.13. The molecule has 0 amide bonds. The zero-order valence-corrected chi connectivity index (χ0v) is 19.9. The molecule has 0 bridgehead atoms. The van der Waals surface area contributed by atoms with Crippen LogP contribution in [-0.2, 0) is 28.4 Å². The summed E-state index contributed by atoms with van der Waals surface area (Å²) >= 11 is 5.59. The van der Waals surface area contributed by atoms with E-state index in [-0.39, 0.29) is 17.0 Å². The van der Waals surface area contributed by atoms with E-state index in [4.69, 9.17) is 12.2 Å². The second-order valence-electron chi connectivity index (χ2n) is 8.66. The highest BCUT2D eigenvalue weighted by atomic mass is 32.2. The quantitative estimate of drug-likeness (QED) is 0.544. The Morgan fingerprint density at radius 3 is 2.20 bits per heavy atom. The third kappa shape index (κ3) is 7.36. The number of hydrogen-bond acceptors (Lipinski definition) is 3. The summed E-state index contributed by atoms with van der Waals surface area (Å²) in [4.78, 5) is 0.746. The molecule has 164 valence electrons. The molecule has 0 heterocycles. The highest BCUT2D eigenvalue weighted by molar-refractivity contribution is 7.92. The number of hydrogen-bond donors (Lipinski definition) is 2. The van der Waals surface area contributed by atoms with E-state index in [1.807, 2.05) is 0 Å². The fraction of sp³-hybridized carbons (Fsp3) is 0.435. The Kier molecular flexibility index (Phi) is 7.99. The monoisotopic (exact) mass is 450 g/mol. The molecule has 0 aliphatic rings. The molecule has 0 saturated heterocycles. The summed E-state index contributed by atoms with van der Waals surface area (Å²) in [7, 11) is -3.52. The Balaban J connectivity index is 1.98. The summed E-state index contributed by atoms with van der Waals surface area (Å²) < 4.78 is 38.8. The molecule has 2 aromatic rings. The van der Waals surface area contributed by atoms with Crippen LogP contribution in [0.15, 0.2) is 42.5 Å². The van der Waals surface area contributed by atoms with E-state index in [1.165, 1.54) is 23.3 Å². The molecule has 2 N–H and O–H groups in total. The number of anilines is 1. The predicted octanol–water partition coefficient (Wildman–Crippen LogP) is 5.18. The van der Waals surface area contributed by atoms with Gasteiger partial charge in [-0.25, -0.2) is 12.8 Å². The Labute approximate surface area is 185 Å². The van der Waals surface area contributed by atoms with Crippen LogP contribution in [0.2, 0.25) is 0 Å². The van der Waals surface area contributed by atoms with E-state index in [0.717, 1.165) is 24.1 Å².